The number of benzene rings is 7. The minimum Gasteiger partial charge on any atom is -0.321 e. The molecule has 0 radical (unpaired) electrons. The summed E-state index contributed by atoms with van der Waals surface area (Å²) in [5.41, 5.74) is 7.89. The SMILES string of the molecule is [2H]c1c([2H])c([2H])c(-c2cccc(-c3c([2H])c([2H])c([2H])c([2H])c3[2H])c2N2CN(c3cc(C)cc(C(C)(C)c4ccc5c6ccccc6n(-c6ccccn6)c5c4)c3)c3ccccc32)c([2H])c1[2H]. The van der Waals surface area contributed by atoms with Gasteiger partial charge in [0.05, 0.1) is 41.8 Å². The second-order valence-corrected chi connectivity index (χ2v) is 14.6. The average molecular weight is 733 g/mol. The van der Waals surface area contributed by atoms with Crippen molar-refractivity contribution in [2.75, 3.05) is 16.5 Å². The van der Waals surface area contributed by atoms with E-state index in [-0.39, 0.29) is 28.9 Å². The number of para-hydroxylation sites is 4. The third-order valence-electron chi connectivity index (χ3n) is 11.0. The summed E-state index contributed by atoms with van der Waals surface area (Å²) in [5, 5.41) is 2.27. The van der Waals surface area contributed by atoms with Gasteiger partial charge in [0.15, 0.2) is 0 Å². The monoisotopic (exact) mass is 732 g/mol. The number of pyridine rings is 1. The van der Waals surface area contributed by atoms with Crippen LogP contribution in [-0.2, 0) is 5.41 Å². The van der Waals surface area contributed by atoms with E-state index in [0.717, 1.165) is 55.7 Å². The molecule has 0 N–H and O–H groups in total. The minimum atomic E-state index is -0.538. The number of hydrogen-bond acceptors (Lipinski definition) is 3. The van der Waals surface area contributed by atoms with E-state index in [1.165, 1.54) is 0 Å². The average Bonchev–Trinajstić information content (AvgIpc) is 3.88. The Morgan fingerprint density at radius 1 is 0.571 bits per heavy atom. The lowest BCUT2D eigenvalue weighted by Gasteiger charge is -2.30. The van der Waals surface area contributed by atoms with Gasteiger partial charge < -0.3 is 9.80 Å². The molecule has 4 heteroatoms. The van der Waals surface area contributed by atoms with E-state index in [4.69, 9.17) is 18.7 Å². The largest absolute Gasteiger partial charge is 0.321 e. The number of hydrogen-bond donors (Lipinski definition) is 0. The maximum absolute atomic E-state index is 9.06. The first-order chi connectivity index (χ1) is 31.6. The summed E-state index contributed by atoms with van der Waals surface area (Å²) < 4.78 is 89.5. The molecule has 0 aliphatic carbocycles. The molecular weight excluding hydrogens is 681 g/mol. The van der Waals surface area contributed by atoms with Crippen LogP contribution in [-0.4, -0.2) is 16.2 Å². The lowest BCUT2D eigenvalue weighted by atomic mass is 9.77. The normalized spacial score (nSPS) is 15.3. The van der Waals surface area contributed by atoms with E-state index in [1.54, 1.807) is 24.4 Å². The second-order valence-electron chi connectivity index (χ2n) is 14.6. The van der Waals surface area contributed by atoms with Crippen LogP contribution in [0.5, 0.6) is 0 Å². The molecule has 10 rings (SSSR count). The fourth-order valence-electron chi connectivity index (χ4n) is 8.17. The van der Waals surface area contributed by atoms with Crippen molar-refractivity contribution in [2.45, 2.75) is 26.2 Å². The fourth-order valence-corrected chi connectivity index (χ4v) is 8.17. The molecule has 9 aromatic rings. The first-order valence-electron chi connectivity index (χ1n) is 23.6. The third kappa shape index (κ3) is 5.56. The van der Waals surface area contributed by atoms with Crippen LogP contribution in [0.1, 0.15) is 44.2 Å². The van der Waals surface area contributed by atoms with Gasteiger partial charge in [0.25, 0.3) is 0 Å². The van der Waals surface area contributed by atoms with Gasteiger partial charge in [-0.2, -0.15) is 0 Å². The maximum atomic E-state index is 9.06. The highest BCUT2D eigenvalue weighted by molar-refractivity contribution is 6.09. The number of aromatic nitrogens is 2. The smallest absolute Gasteiger partial charge is 0.137 e. The lowest BCUT2D eigenvalue weighted by molar-refractivity contribution is 0.641. The van der Waals surface area contributed by atoms with Gasteiger partial charge in [-0.05, 0) is 83.3 Å². The molecule has 0 saturated carbocycles. The predicted molar refractivity (Wildman–Crippen MR) is 235 cm³/mol. The standard InChI is InChI=1S/C52H42N4/c1-36-31-40(52(2,3)39-28-29-45-44-21-10-11-24-46(44)56(49(45)34-39)50-27-14-15-30-53-50)33-41(32-36)54-35-55(48-26-13-12-25-47(48)54)51-42(37-17-6-4-7-18-37)22-16-23-43(51)38-19-8-5-9-20-38/h4-34H,35H2,1-3H3/i4D,5D,6D,7D,8D,9D,17D,18D,19D,20D. The molecule has 56 heavy (non-hydrogen) atoms. The summed E-state index contributed by atoms with van der Waals surface area (Å²) in [7, 11) is 0. The first-order valence-corrected chi connectivity index (χ1v) is 18.6. The van der Waals surface area contributed by atoms with Crippen LogP contribution in [0.3, 0.4) is 0 Å². The number of rotatable bonds is 7. The fraction of sp³-hybridized carbons (Fsp3) is 0.0962. The molecule has 0 spiro atoms. The maximum Gasteiger partial charge on any atom is 0.137 e. The topological polar surface area (TPSA) is 24.3 Å². The van der Waals surface area contributed by atoms with Gasteiger partial charge in [-0.3, -0.25) is 4.57 Å². The Hall–Kier alpha value is -6.91. The summed E-state index contributed by atoms with van der Waals surface area (Å²) >= 11 is 0. The Labute approximate surface area is 342 Å². The Morgan fingerprint density at radius 2 is 1.21 bits per heavy atom. The molecule has 0 amide bonds. The summed E-state index contributed by atoms with van der Waals surface area (Å²) in [5.74, 6) is 0.830. The van der Waals surface area contributed by atoms with E-state index < -0.39 is 65.8 Å². The van der Waals surface area contributed by atoms with Crippen LogP contribution < -0.4 is 9.80 Å². The zero-order valence-electron chi connectivity index (χ0n) is 41.1. The van der Waals surface area contributed by atoms with Gasteiger partial charge in [-0.1, -0.05) is 147 Å². The van der Waals surface area contributed by atoms with Crippen molar-refractivity contribution in [3.8, 4) is 28.1 Å². The molecule has 1 aliphatic rings. The number of anilines is 4. The molecule has 1 aliphatic heterocycles. The Morgan fingerprint density at radius 3 is 1.91 bits per heavy atom. The number of nitrogens with zero attached hydrogens (tertiary/aromatic N) is 4. The highest BCUT2D eigenvalue weighted by Crippen LogP contribution is 2.50. The summed E-state index contributed by atoms with van der Waals surface area (Å²) in [6.07, 6.45) is 1.81. The molecule has 0 bridgehead atoms. The van der Waals surface area contributed by atoms with Crippen molar-refractivity contribution in [3.05, 3.63) is 205 Å². The summed E-state index contributed by atoms with van der Waals surface area (Å²) in [4.78, 5) is 8.83. The van der Waals surface area contributed by atoms with E-state index in [0.29, 0.717) is 11.4 Å². The molecule has 0 unspecified atom stereocenters. The molecule has 0 saturated heterocycles. The Kier molecular flexibility index (Phi) is 5.87. The van der Waals surface area contributed by atoms with Crippen LogP contribution in [0.2, 0.25) is 0 Å². The highest BCUT2D eigenvalue weighted by atomic mass is 15.4. The molecule has 2 aromatic heterocycles. The van der Waals surface area contributed by atoms with Crippen molar-refractivity contribution in [2.24, 2.45) is 0 Å². The van der Waals surface area contributed by atoms with Crippen LogP contribution in [0.15, 0.2) is 188 Å². The minimum absolute atomic E-state index is 0.0696. The summed E-state index contributed by atoms with van der Waals surface area (Å²) in [6, 6.07) is 35.3. The zero-order chi connectivity index (χ0) is 46.5. The van der Waals surface area contributed by atoms with Crippen molar-refractivity contribution in [1.82, 2.24) is 9.55 Å². The third-order valence-corrected chi connectivity index (χ3v) is 11.0. The Balaban J connectivity index is 1.15. The highest BCUT2D eigenvalue weighted by Gasteiger charge is 2.33. The molecule has 0 atom stereocenters. The quantitative estimate of drug-likeness (QED) is 0.163. The predicted octanol–water partition coefficient (Wildman–Crippen LogP) is 13.4. The van der Waals surface area contributed by atoms with Gasteiger partial charge in [-0.15, -0.1) is 0 Å². The molecule has 3 heterocycles. The van der Waals surface area contributed by atoms with Gasteiger partial charge in [0.1, 0.15) is 12.5 Å². The van der Waals surface area contributed by atoms with Gasteiger partial charge >= 0.3 is 0 Å². The van der Waals surface area contributed by atoms with E-state index in [1.807, 2.05) is 53.4 Å². The second kappa shape index (κ2) is 13.4. The summed E-state index contributed by atoms with van der Waals surface area (Å²) in [6.45, 7) is 6.66. The van der Waals surface area contributed by atoms with Crippen molar-refractivity contribution < 1.29 is 13.7 Å². The van der Waals surface area contributed by atoms with Gasteiger partial charge in [-0.25, -0.2) is 4.98 Å². The van der Waals surface area contributed by atoms with Crippen molar-refractivity contribution in [3.63, 3.8) is 0 Å². The number of fused-ring (bicyclic) bond motifs is 4. The number of aryl methyl sites for hydroxylation is 1. The molecule has 7 aromatic carbocycles. The van der Waals surface area contributed by atoms with Crippen LogP contribution in [0.25, 0.3) is 49.9 Å². The molecule has 0 fully saturated rings. The van der Waals surface area contributed by atoms with E-state index in [2.05, 4.69) is 84.8 Å². The molecular formula is C52H42N4. The zero-order valence-corrected chi connectivity index (χ0v) is 31.1. The van der Waals surface area contributed by atoms with Gasteiger partial charge in [0.2, 0.25) is 0 Å². The first kappa shape index (κ1) is 24.5. The lowest BCUT2D eigenvalue weighted by Crippen LogP contribution is -2.26. The van der Waals surface area contributed by atoms with Crippen LogP contribution >= 0.6 is 0 Å². The molecule has 4 nitrogen and oxygen atoms in total. The molecule has 270 valence electrons. The van der Waals surface area contributed by atoms with Crippen molar-refractivity contribution >= 4 is 44.6 Å². The van der Waals surface area contributed by atoms with Crippen molar-refractivity contribution in [1.29, 1.82) is 0 Å². The van der Waals surface area contributed by atoms with Gasteiger partial charge in [0, 0.05) is 39.2 Å². The van der Waals surface area contributed by atoms with Crippen LogP contribution in [0, 0.1) is 6.92 Å². The Bertz CT molecular complexity index is 3330. The van der Waals surface area contributed by atoms with Crippen LogP contribution in [0.4, 0.5) is 22.7 Å². The van der Waals surface area contributed by atoms with E-state index in [9.17, 15) is 0 Å². The van der Waals surface area contributed by atoms with E-state index >= 15 is 0 Å².